The lowest BCUT2D eigenvalue weighted by Gasteiger charge is -2.22. The van der Waals surface area contributed by atoms with E-state index in [2.05, 4.69) is 14.5 Å². The Morgan fingerprint density at radius 2 is 1.93 bits per heavy atom. The highest BCUT2D eigenvalue weighted by Crippen LogP contribution is 2.41. The highest BCUT2D eigenvalue weighted by Gasteiger charge is 2.37. The molecule has 4 aromatic rings. The van der Waals surface area contributed by atoms with Crippen molar-refractivity contribution in [3.8, 4) is 16.9 Å². The second-order valence-electron chi connectivity index (χ2n) is 10.0. The van der Waals surface area contributed by atoms with Crippen molar-refractivity contribution in [2.45, 2.75) is 35.8 Å². The van der Waals surface area contributed by atoms with Crippen LogP contribution in [0.3, 0.4) is 0 Å². The first kappa shape index (κ1) is 30.8. The van der Waals surface area contributed by atoms with E-state index in [1.807, 2.05) is 12.1 Å². The molecule has 42 heavy (non-hydrogen) atoms. The van der Waals surface area contributed by atoms with Gasteiger partial charge in [0.1, 0.15) is 11.4 Å². The van der Waals surface area contributed by atoms with Crippen LogP contribution in [0.2, 0.25) is 5.02 Å². The summed E-state index contributed by atoms with van der Waals surface area (Å²) in [6.45, 7) is -0.714. The van der Waals surface area contributed by atoms with Crippen LogP contribution in [-0.4, -0.2) is 77.6 Å². The summed E-state index contributed by atoms with van der Waals surface area (Å²) in [7, 11) is -8.09. The van der Waals surface area contributed by atoms with E-state index in [1.54, 1.807) is 30.3 Å². The number of phosphoric acid groups is 1. The number of sulfone groups is 1. The van der Waals surface area contributed by atoms with E-state index in [9.17, 15) is 21.8 Å². The van der Waals surface area contributed by atoms with Gasteiger partial charge in [0, 0.05) is 30.1 Å². The minimum absolute atomic E-state index is 0.0850. The SMILES string of the molecule is O=P(O)(O)OCCN(CCCOc1ccc(-c2cccc(S(=O)(=O)C3CC3)c2)c2c1[nH]c1ncc(Cl)cc12)CC(F)F. The maximum Gasteiger partial charge on any atom is 0.469 e. The van der Waals surface area contributed by atoms with Crippen molar-refractivity contribution in [2.75, 3.05) is 32.8 Å². The Morgan fingerprint density at radius 3 is 2.64 bits per heavy atom. The van der Waals surface area contributed by atoms with Crippen molar-refractivity contribution in [2.24, 2.45) is 0 Å². The highest BCUT2D eigenvalue weighted by molar-refractivity contribution is 7.92. The lowest BCUT2D eigenvalue weighted by atomic mass is 9.99. The maximum absolute atomic E-state index is 13.0. The van der Waals surface area contributed by atoms with Crippen LogP contribution in [0.5, 0.6) is 5.75 Å². The van der Waals surface area contributed by atoms with Crippen molar-refractivity contribution in [1.82, 2.24) is 14.9 Å². The zero-order valence-corrected chi connectivity index (χ0v) is 24.7. The van der Waals surface area contributed by atoms with E-state index < -0.39 is 37.2 Å². The van der Waals surface area contributed by atoms with Crippen molar-refractivity contribution in [1.29, 1.82) is 0 Å². The Hall–Kier alpha value is -2.64. The number of phosphoric ester groups is 1. The smallest absolute Gasteiger partial charge is 0.469 e. The molecule has 1 saturated carbocycles. The van der Waals surface area contributed by atoms with Gasteiger partial charge in [-0.3, -0.25) is 9.42 Å². The van der Waals surface area contributed by atoms with Crippen molar-refractivity contribution >= 4 is 51.2 Å². The Bertz CT molecular complexity index is 1740. The second-order valence-corrected chi connectivity index (χ2v) is 13.9. The molecule has 3 N–H and O–H groups in total. The summed E-state index contributed by atoms with van der Waals surface area (Å²) in [5.74, 6) is 0.481. The van der Waals surface area contributed by atoms with Gasteiger partial charge >= 0.3 is 7.82 Å². The van der Waals surface area contributed by atoms with Gasteiger partial charge < -0.3 is 19.5 Å². The molecule has 1 aliphatic carbocycles. The van der Waals surface area contributed by atoms with Gasteiger partial charge in [-0.25, -0.2) is 26.7 Å². The second kappa shape index (κ2) is 12.5. The average molecular weight is 644 g/mol. The monoisotopic (exact) mass is 643 g/mol. The number of halogens is 3. The number of alkyl halides is 2. The van der Waals surface area contributed by atoms with Crippen LogP contribution >= 0.6 is 19.4 Å². The zero-order valence-electron chi connectivity index (χ0n) is 22.2. The Morgan fingerprint density at radius 1 is 1.14 bits per heavy atom. The summed E-state index contributed by atoms with van der Waals surface area (Å²) in [4.78, 5) is 26.9. The van der Waals surface area contributed by atoms with Crippen LogP contribution in [0.25, 0.3) is 33.1 Å². The van der Waals surface area contributed by atoms with Crippen LogP contribution in [0.1, 0.15) is 19.3 Å². The van der Waals surface area contributed by atoms with E-state index in [-0.39, 0.29) is 29.8 Å². The molecule has 0 aliphatic heterocycles. The molecule has 1 aliphatic rings. The minimum Gasteiger partial charge on any atom is -0.491 e. The van der Waals surface area contributed by atoms with E-state index in [1.165, 1.54) is 11.1 Å². The lowest BCUT2D eigenvalue weighted by Crippen LogP contribution is -2.33. The van der Waals surface area contributed by atoms with Crippen LogP contribution in [-0.2, 0) is 18.9 Å². The summed E-state index contributed by atoms with van der Waals surface area (Å²) in [5, 5.41) is 1.55. The van der Waals surface area contributed by atoms with Crippen molar-refractivity contribution < 1.29 is 40.8 Å². The van der Waals surface area contributed by atoms with Crippen LogP contribution in [0.4, 0.5) is 8.78 Å². The fraction of sp³-hybridized carbons (Fsp3) is 0.370. The third kappa shape index (κ3) is 7.28. The fourth-order valence-corrected chi connectivity index (χ4v) is 7.03. The average Bonchev–Trinajstić information content (AvgIpc) is 3.72. The fourth-order valence-electron chi connectivity index (χ4n) is 4.86. The minimum atomic E-state index is -4.69. The molecule has 0 amide bonds. The first-order valence-electron chi connectivity index (χ1n) is 13.2. The number of nitrogens with zero attached hydrogens (tertiary/aromatic N) is 2. The Balaban J connectivity index is 1.39. The van der Waals surface area contributed by atoms with Crippen LogP contribution in [0, 0.1) is 0 Å². The summed E-state index contributed by atoms with van der Waals surface area (Å²) >= 11 is 6.27. The van der Waals surface area contributed by atoms with Crippen LogP contribution < -0.4 is 4.74 Å². The molecule has 0 saturated heterocycles. The number of hydrogen-bond donors (Lipinski definition) is 3. The van der Waals surface area contributed by atoms with E-state index in [0.717, 1.165) is 16.3 Å². The van der Waals surface area contributed by atoms with E-state index in [0.29, 0.717) is 46.8 Å². The number of aromatic amines is 1. The number of benzene rings is 2. The number of fused-ring (bicyclic) bond motifs is 3. The summed E-state index contributed by atoms with van der Waals surface area (Å²) in [6.07, 6.45) is 0.553. The van der Waals surface area contributed by atoms with Crippen molar-refractivity contribution in [3.63, 3.8) is 0 Å². The zero-order chi connectivity index (χ0) is 30.1. The number of nitrogens with one attached hydrogen (secondary N) is 1. The number of H-pyrrole nitrogens is 1. The van der Waals surface area contributed by atoms with Gasteiger partial charge in [-0.05, 0) is 60.7 Å². The number of ether oxygens (including phenoxy) is 1. The van der Waals surface area contributed by atoms with Gasteiger partial charge in [-0.2, -0.15) is 0 Å². The normalized spacial score (nSPS) is 14.5. The standard InChI is InChI=1S/C27H29ClF2N3O7PS/c28-18-14-22-25-21(17-3-1-4-20(13-17)42(37,38)19-5-6-19)7-8-23(26(25)32-27(22)31-15-18)39-11-2-9-33(16-24(29)30)10-12-40-41(34,35)36/h1,3-4,7-8,13-15,19,24H,2,5-6,9-12,16H2,(H,31,32)(H2,34,35,36). The first-order valence-corrected chi connectivity index (χ1v) is 16.7. The van der Waals surface area contributed by atoms with Gasteiger partial charge in [0.05, 0.1) is 40.4 Å². The van der Waals surface area contributed by atoms with E-state index >= 15 is 0 Å². The summed E-state index contributed by atoms with van der Waals surface area (Å²) in [5.41, 5.74) is 2.64. The van der Waals surface area contributed by atoms with Gasteiger partial charge in [0.2, 0.25) is 0 Å². The lowest BCUT2D eigenvalue weighted by molar-refractivity contribution is 0.0740. The quantitative estimate of drug-likeness (QED) is 0.121. The molecule has 15 heteroatoms. The topological polar surface area (TPSA) is 142 Å². The molecule has 0 radical (unpaired) electrons. The first-order chi connectivity index (χ1) is 19.9. The molecule has 0 unspecified atom stereocenters. The Kier molecular flexibility index (Phi) is 9.19. The van der Waals surface area contributed by atoms with Crippen LogP contribution in [0.15, 0.2) is 53.6 Å². The number of rotatable bonds is 14. The molecule has 0 atom stereocenters. The molecule has 0 spiro atoms. The molecular formula is C27H29ClF2N3O7PS. The summed E-state index contributed by atoms with van der Waals surface area (Å²) in [6, 6.07) is 12.2. The third-order valence-electron chi connectivity index (χ3n) is 6.91. The third-order valence-corrected chi connectivity index (χ3v) is 9.90. The number of hydrogen-bond acceptors (Lipinski definition) is 7. The molecule has 0 bridgehead atoms. The highest BCUT2D eigenvalue weighted by atomic mass is 35.5. The predicted molar refractivity (Wildman–Crippen MR) is 155 cm³/mol. The molecular weight excluding hydrogens is 615 g/mol. The molecule has 2 heterocycles. The number of pyridine rings is 1. The summed E-state index contributed by atoms with van der Waals surface area (Å²) < 4.78 is 73.2. The van der Waals surface area contributed by atoms with Gasteiger partial charge in [-0.1, -0.05) is 23.7 Å². The number of aromatic nitrogens is 2. The molecule has 5 rings (SSSR count). The maximum atomic E-state index is 13.0. The largest absolute Gasteiger partial charge is 0.491 e. The predicted octanol–water partition coefficient (Wildman–Crippen LogP) is 5.42. The van der Waals surface area contributed by atoms with Crippen molar-refractivity contribution in [3.05, 3.63) is 53.7 Å². The van der Waals surface area contributed by atoms with E-state index in [4.69, 9.17) is 26.1 Å². The van der Waals surface area contributed by atoms with Gasteiger partial charge in [-0.15, -0.1) is 0 Å². The molecule has 1 fully saturated rings. The van der Waals surface area contributed by atoms with Gasteiger partial charge in [0.25, 0.3) is 6.43 Å². The molecule has 10 nitrogen and oxygen atoms in total. The van der Waals surface area contributed by atoms with Gasteiger partial charge in [0.15, 0.2) is 9.84 Å². The molecule has 226 valence electrons. The Labute approximate surface area is 245 Å². The molecule has 2 aromatic heterocycles. The molecule has 2 aromatic carbocycles.